The van der Waals surface area contributed by atoms with Crippen LogP contribution in [-0.4, -0.2) is 24.1 Å². The zero-order valence-corrected chi connectivity index (χ0v) is 17.6. The minimum Gasteiger partial charge on any atom is -0.489 e. The number of allylic oxidation sites excluding steroid dienone is 5. The van der Waals surface area contributed by atoms with Gasteiger partial charge in [0.2, 0.25) is 11.7 Å². The largest absolute Gasteiger partial charge is 0.489 e. The number of ether oxygens (including phenoxy) is 1. The Morgan fingerprint density at radius 3 is 2.47 bits per heavy atom. The highest BCUT2D eigenvalue weighted by Gasteiger charge is 2.26. The Morgan fingerprint density at radius 1 is 0.938 bits per heavy atom. The Hall–Kier alpha value is -3.95. The Balaban J connectivity index is 1.15. The van der Waals surface area contributed by atoms with E-state index in [4.69, 9.17) is 4.74 Å². The number of ketones is 2. The molecule has 0 atom stereocenters. The Kier molecular flexibility index (Phi) is 6.59. The van der Waals surface area contributed by atoms with E-state index in [1.807, 2.05) is 42.5 Å². The molecule has 5 nitrogen and oxygen atoms in total. The summed E-state index contributed by atoms with van der Waals surface area (Å²) in [6, 6.07) is 14.4. The maximum atomic E-state index is 12.4. The fraction of sp³-hybridized carbons (Fsp3) is 0.185. The number of hydrogen-bond donors (Lipinski definition) is 1. The topological polar surface area (TPSA) is 72.5 Å². The van der Waals surface area contributed by atoms with E-state index >= 15 is 0 Å². The van der Waals surface area contributed by atoms with Crippen LogP contribution in [0.5, 0.6) is 0 Å². The molecule has 2 aromatic rings. The molecule has 0 saturated carbocycles. The number of rotatable bonds is 9. The van der Waals surface area contributed by atoms with Crippen LogP contribution in [0.1, 0.15) is 52.0 Å². The molecule has 0 radical (unpaired) electrons. The summed E-state index contributed by atoms with van der Waals surface area (Å²) in [5, 5.41) is 2.91. The first-order chi connectivity index (χ1) is 15.6. The number of nitrogens with one attached hydrogen (secondary N) is 1. The average Bonchev–Trinajstić information content (AvgIpc) is 3.35. The molecule has 0 heterocycles. The molecule has 4 rings (SSSR count). The second-order valence-electron chi connectivity index (χ2n) is 7.62. The minimum atomic E-state index is -0.262. The number of fused-ring (bicyclic) bond motifs is 1. The highest BCUT2D eigenvalue weighted by Crippen LogP contribution is 2.22. The van der Waals surface area contributed by atoms with E-state index in [1.54, 1.807) is 24.3 Å². The average molecular weight is 425 g/mol. The molecule has 160 valence electrons. The van der Waals surface area contributed by atoms with Crippen molar-refractivity contribution in [2.24, 2.45) is 0 Å². The predicted octanol–water partition coefficient (Wildman–Crippen LogP) is 5.27. The Labute approximate surface area is 186 Å². The van der Waals surface area contributed by atoms with E-state index in [2.05, 4.69) is 11.0 Å². The molecule has 0 saturated heterocycles. The molecule has 0 fully saturated rings. The molecule has 1 amide bonds. The Bertz CT molecular complexity index is 1180. The number of Topliss-reactive ketones (excluding diaryl/α,β-unsaturated/α-hetero) is 1. The number of benzene rings is 2. The molecule has 0 unspecified atom stereocenters. The van der Waals surface area contributed by atoms with Gasteiger partial charge in [0.05, 0.1) is 6.61 Å². The molecular weight excluding hydrogens is 402 g/mol. The summed E-state index contributed by atoms with van der Waals surface area (Å²) >= 11 is 0. The normalized spacial score (nSPS) is 14.1. The van der Waals surface area contributed by atoms with Crippen molar-refractivity contribution in [1.82, 2.24) is 0 Å². The summed E-state index contributed by atoms with van der Waals surface area (Å²) in [6.45, 7) is 0.328. The third kappa shape index (κ3) is 5.02. The van der Waals surface area contributed by atoms with Crippen molar-refractivity contribution in [3.05, 3.63) is 101 Å². The first kappa shape index (κ1) is 21.3. The van der Waals surface area contributed by atoms with E-state index in [1.165, 1.54) is 6.08 Å². The van der Waals surface area contributed by atoms with Crippen LogP contribution in [0.2, 0.25) is 0 Å². The summed E-state index contributed by atoms with van der Waals surface area (Å²) in [5.41, 5.74) is 6.80. The maximum absolute atomic E-state index is 12.4. The highest BCUT2D eigenvalue weighted by molar-refractivity contribution is 6.23. The molecule has 0 spiro atoms. The van der Waals surface area contributed by atoms with Crippen LogP contribution in [0.25, 0.3) is 5.57 Å². The molecule has 5 heteroatoms. The lowest BCUT2D eigenvalue weighted by Crippen LogP contribution is -2.18. The van der Waals surface area contributed by atoms with Gasteiger partial charge in [-0.1, -0.05) is 42.5 Å². The van der Waals surface area contributed by atoms with Crippen molar-refractivity contribution < 1.29 is 19.1 Å². The Morgan fingerprint density at radius 2 is 1.72 bits per heavy atom. The van der Waals surface area contributed by atoms with Crippen molar-refractivity contribution in [2.75, 3.05) is 11.9 Å². The van der Waals surface area contributed by atoms with Crippen LogP contribution in [0.3, 0.4) is 0 Å². The maximum Gasteiger partial charge on any atom is 0.228 e. The van der Waals surface area contributed by atoms with Gasteiger partial charge in [0.15, 0.2) is 11.5 Å². The standard InChI is InChI=1S/C27H23NO4/c29-24-18-25(27(31)23-11-6-5-10-22(23)24)32-17-7-1-2-12-26(30)28-21-15-13-20(14-16-21)19-8-3-4-9-19/h3-6,8,10-11,13-16,18H,1-2,7,12,17H2,(H,28,30). The number of unbranched alkanes of at least 4 members (excludes halogenated alkanes) is 2. The minimum absolute atomic E-state index is 0.0362. The van der Waals surface area contributed by atoms with Crippen LogP contribution in [0, 0.1) is 0 Å². The van der Waals surface area contributed by atoms with E-state index in [-0.39, 0.29) is 23.2 Å². The summed E-state index contributed by atoms with van der Waals surface area (Å²) in [7, 11) is 0. The number of carbonyl (C=O) groups excluding carboxylic acids is 3. The van der Waals surface area contributed by atoms with Crippen LogP contribution in [0.4, 0.5) is 5.69 Å². The first-order valence-corrected chi connectivity index (χ1v) is 10.7. The van der Waals surface area contributed by atoms with E-state index in [0.29, 0.717) is 37.0 Å². The summed E-state index contributed by atoms with van der Waals surface area (Å²) < 4.78 is 5.55. The van der Waals surface area contributed by atoms with Gasteiger partial charge in [0, 0.05) is 34.9 Å². The van der Waals surface area contributed by atoms with Crippen LogP contribution >= 0.6 is 0 Å². The zero-order valence-electron chi connectivity index (χ0n) is 17.6. The van der Waals surface area contributed by atoms with E-state index < -0.39 is 0 Å². The van der Waals surface area contributed by atoms with Gasteiger partial charge in [-0.3, -0.25) is 14.4 Å². The van der Waals surface area contributed by atoms with E-state index in [0.717, 1.165) is 23.2 Å². The van der Waals surface area contributed by atoms with Crippen molar-refractivity contribution in [3.8, 4) is 0 Å². The lowest BCUT2D eigenvalue weighted by Gasteiger charge is -2.15. The summed E-state index contributed by atoms with van der Waals surface area (Å²) in [6.07, 6.45) is 9.67. The van der Waals surface area contributed by atoms with Gasteiger partial charge in [-0.05, 0) is 49.1 Å². The third-order valence-electron chi connectivity index (χ3n) is 5.31. The predicted molar refractivity (Wildman–Crippen MR) is 123 cm³/mol. The number of anilines is 1. The quantitative estimate of drug-likeness (QED) is 0.439. The fourth-order valence-electron chi connectivity index (χ4n) is 3.61. The number of amides is 1. The monoisotopic (exact) mass is 425 g/mol. The summed E-state index contributed by atoms with van der Waals surface area (Å²) in [4.78, 5) is 36.7. The molecule has 0 aromatic heterocycles. The van der Waals surface area contributed by atoms with Crippen LogP contribution < -0.4 is 5.32 Å². The van der Waals surface area contributed by atoms with Crippen molar-refractivity contribution >= 4 is 28.7 Å². The first-order valence-electron chi connectivity index (χ1n) is 10.7. The molecule has 0 bridgehead atoms. The van der Waals surface area contributed by atoms with Gasteiger partial charge >= 0.3 is 0 Å². The molecule has 1 N–H and O–H groups in total. The fourth-order valence-corrected chi connectivity index (χ4v) is 3.61. The van der Waals surface area contributed by atoms with E-state index in [9.17, 15) is 14.4 Å². The van der Waals surface area contributed by atoms with Gasteiger partial charge in [-0.15, -0.1) is 5.73 Å². The summed E-state index contributed by atoms with van der Waals surface area (Å²) in [5.74, 6) is -0.421. The van der Waals surface area contributed by atoms with Gasteiger partial charge < -0.3 is 10.1 Å². The molecule has 2 aromatic carbocycles. The van der Waals surface area contributed by atoms with Gasteiger partial charge in [0.25, 0.3) is 0 Å². The molecule has 2 aliphatic rings. The smallest absolute Gasteiger partial charge is 0.228 e. The van der Waals surface area contributed by atoms with Crippen molar-refractivity contribution in [3.63, 3.8) is 0 Å². The lowest BCUT2D eigenvalue weighted by atomic mass is 9.94. The lowest BCUT2D eigenvalue weighted by molar-refractivity contribution is -0.116. The van der Waals surface area contributed by atoms with Crippen LogP contribution in [-0.2, 0) is 9.53 Å². The van der Waals surface area contributed by atoms with Crippen LogP contribution in [0.15, 0.2) is 84.3 Å². The number of hydrogen-bond acceptors (Lipinski definition) is 4. The molecule has 32 heavy (non-hydrogen) atoms. The molecule has 0 aliphatic heterocycles. The van der Waals surface area contributed by atoms with Crippen molar-refractivity contribution in [2.45, 2.75) is 25.7 Å². The SMILES string of the molecule is O=C(CCCCCOC1=CC(=O)c2ccccc2C1=O)Nc1ccc(C2=C=CC=C2)cc1. The van der Waals surface area contributed by atoms with Gasteiger partial charge in [0.1, 0.15) is 0 Å². The van der Waals surface area contributed by atoms with Gasteiger partial charge in [-0.25, -0.2) is 0 Å². The number of carbonyl (C=O) groups is 3. The molecule has 2 aliphatic carbocycles. The molecular formula is C27H23NO4. The second-order valence-corrected chi connectivity index (χ2v) is 7.62. The third-order valence-corrected chi connectivity index (χ3v) is 5.31. The second kappa shape index (κ2) is 9.90. The highest BCUT2D eigenvalue weighted by atomic mass is 16.5. The zero-order chi connectivity index (χ0) is 22.3. The van der Waals surface area contributed by atoms with Gasteiger partial charge in [-0.2, -0.15) is 0 Å². The van der Waals surface area contributed by atoms with Crippen molar-refractivity contribution in [1.29, 1.82) is 0 Å².